The Bertz CT molecular complexity index is 1600. The smallest absolute Gasteiger partial charge is 0.193 e. The van der Waals surface area contributed by atoms with E-state index in [4.69, 9.17) is 6.57 Å². The number of aromatic nitrogens is 1. The van der Waals surface area contributed by atoms with Crippen LogP contribution in [-0.4, -0.2) is 14.5 Å². The molecule has 0 saturated heterocycles. The monoisotopic (exact) mass is 438 g/mol. The number of H-pyrrole nitrogens is 1. The van der Waals surface area contributed by atoms with Crippen LogP contribution in [0.3, 0.4) is 0 Å². The van der Waals surface area contributed by atoms with E-state index in [1.165, 1.54) is 49.3 Å². The van der Waals surface area contributed by atoms with Gasteiger partial charge in [0.2, 0.25) is 0 Å². The highest BCUT2D eigenvalue weighted by Gasteiger charge is 2.43. The summed E-state index contributed by atoms with van der Waals surface area (Å²) in [5, 5.41) is 4.01. The van der Waals surface area contributed by atoms with Crippen molar-refractivity contribution in [3.63, 3.8) is 0 Å². The molecule has 0 fully saturated rings. The normalized spacial score (nSPS) is 17.8. The van der Waals surface area contributed by atoms with Gasteiger partial charge in [0.05, 0.1) is 16.1 Å². The summed E-state index contributed by atoms with van der Waals surface area (Å²) in [5.41, 5.74) is 11.8. The maximum absolute atomic E-state index is 8.06. The van der Waals surface area contributed by atoms with Crippen molar-refractivity contribution in [1.29, 1.82) is 0 Å². The predicted molar refractivity (Wildman–Crippen MR) is 137 cm³/mol. The summed E-state index contributed by atoms with van der Waals surface area (Å²) in [4.78, 5) is 7.71. The molecule has 0 amide bonds. The fourth-order valence-electron chi connectivity index (χ4n) is 6.25. The predicted octanol–water partition coefficient (Wildman–Crippen LogP) is 7.02. The number of nitrogens with zero attached hydrogens (tertiary/aromatic N) is 1. The minimum Gasteiger partial charge on any atom is -0.356 e. The first-order valence-corrected chi connectivity index (χ1v) is 12.7. The zero-order valence-corrected chi connectivity index (χ0v) is 19.6. The first-order valence-electron chi connectivity index (χ1n) is 11.6. The molecule has 0 aliphatic heterocycles. The molecule has 3 aliphatic carbocycles. The molecule has 33 heavy (non-hydrogen) atoms. The van der Waals surface area contributed by atoms with Crippen LogP contribution in [0, 0.1) is 6.57 Å². The van der Waals surface area contributed by atoms with Crippen LogP contribution in [0.5, 0.6) is 0 Å². The average Bonchev–Trinajstić information content (AvgIpc) is 3.20. The van der Waals surface area contributed by atoms with E-state index >= 15 is 0 Å². The Balaban J connectivity index is 1.64. The van der Waals surface area contributed by atoms with Crippen molar-refractivity contribution < 1.29 is 0 Å². The molecule has 0 spiro atoms. The lowest BCUT2D eigenvalue weighted by molar-refractivity contribution is 0.764. The van der Waals surface area contributed by atoms with E-state index in [-0.39, 0.29) is 11.8 Å². The Morgan fingerprint density at radius 2 is 1.39 bits per heavy atom. The van der Waals surface area contributed by atoms with Crippen molar-refractivity contribution in [3.8, 4) is 0 Å². The molecule has 8 rings (SSSR count). The molecule has 1 heterocycles. The average molecular weight is 439 g/mol. The minimum absolute atomic E-state index is 0.122. The second-order valence-corrected chi connectivity index (χ2v) is 11.6. The second kappa shape index (κ2) is 6.70. The third kappa shape index (κ3) is 2.47. The van der Waals surface area contributed by atoms with Gasteiger partial charge in [-0.15, -0.1) is 0 Å². The molecule has 3 aliphatic rings. The zero-order valence-electron chi connectivity index (χ0n) is 18.6. The van der Waals surface area contributed by atoms with Crippen LogP contribution in [0.15, 0.2) is 72.8 Å². The highest BCUT2D eigenvalue weighted by molar-refractivity contribution is 6.55. The molecule has 3 heteroatoms. The Morgan fingerprint density at radius 3 is 1.97 bits per heavy atom. The van der Waals surface area contributed by atoms with Crippen LogP contribution in [0.25, 0.3) is 26.7 Å². The van der Waals surface area contributed by atoms with E-state index in [1.807, 2.05) is 0 Å². The quantitative estimate of drug-likeness (QED) is 0.221. The van der Waals surface area contributed by atoms with Crippen molar-refractivity contribution in [3.05, 3.63) is 118 Å². The molecular weight excluding hydrogens is 416 g/mol. The summed E-state index contributed by atoms with van der Waals surface area (Å²) < 4.78 is 0. The van der Waals surface area contributed by atoms with Crippen molar-refractivity contribution in [2.45, 2.75) is 31.2 Å². The zero-order chi connectivity index (χ0) is 22.3. The summed E-state index contributed by atoms with van der Waals surface area (Å²) in [7, 11) is 0.796. The lowest BCUT2D eigenvalue weighted by Crippen LogP contribution is -2.27. The number of benzene rings is 4. The minimum atomic E-state index is 0.122. The molecule has 2 radical (unpaired) electrons. The molecule has 2 nitrogen and oxygen atoms in total. The van der Waals surface area contributed by atoms with Crippen LogP contribution in [0.4, 0.5) is 5.69 Å². The van der Waals surface area contributed by atoms with Crippen LogP contribution < -0.4 is 5.19 Å². The van der Waals surface area contributed by atoms with Crippen LogP contribution in [0.1, 0.15) is 59.1 Å². The molecule has 1 aromatic heterocycles. The van der Waals surface area contributed by atoms with Gasteiger partial charge >= 0.3 is 0 Å². The molecule has 4 aromatic carbocycles. The summed E-state index contributed by atoms with van der Waals surface area (Å²) in [5.74, 6) is 0.286. The van der Waals surface area contributed by atoms with Crippen LogP contribution in [0.2, 0.25) is 5.54 Å². The van der Waals surface area contributed by atoms with Gasteiger partial charge in [0.15, 0.2) is 5.69 Å². The fourth-order valence-corrected chi connectivity index (χ4v) is 7.32. The largest absolute Gasteiger partial charge is 0.356 e. The Morgan fingerprint density at radius 1 is 0.788 bits per heavy atom. The van der Waals surface area contributed by atoms with E-state index in [2.05, 4.69) is 96.5 Å². The molecule has 1 N–H and O–H groups in total. The highest BCUT2D eigenvalue weighted by atomic mass is 28.2. The Hall–Kier alpha value is -3.61. The second-order valence-electron chi connectivity index (χ2n) is 9.57. The van der Waals surface area contributed by atoms with Gasteiger partial charge in [0, 0.05) is 33.6 Å². The van der Waals surface area contributed by atoms with E-state index in [1.54, 1.807) is 0 Å². The summed E-state index contributed by atoms with van der Waals surface area (Å²) in [6.07, 6.45) is 0. The maximum Gasteiger partial charge on any atom is 0.193 e. The lowest BCUT2D eigenvalue weighted by atomic mass is 9.60. The number of rotatable bonds is 2. The molecule has 5 aromatic rings. The molecule has 0 unspecified atom stereocenters. The molecule has 2 bridgehead atoms. The number of hydrogen-bond acceptors (Lipinski definition) is 0. The van der Waals surface area contributed by atoms with E-state index in [9.17, 15) is 0 Å². The van der Waals surface area contributed by atoms with Crippen molar-refractivity contribution in [2.75, 3.05) is 0 Å². The molecule has 0 atom stereocenters. The van der Waals surface area contributed by atoms with Crippen molar-refractivity contribution in [1.82, 2.24) is 4.98 Å². The standard InChI is InChI=1S/C30H22N2Si/c1-16(2)33-17-12-13-23-22(14-17)28-25(32-23)15-24(31-3)29-26-18-8-4-6-10-20(18)27(30(28)29)21-11-7-5-9-19(21)26/h4-16,26-27,32H,1-2H3. The third-order valence-electron chi connectivity index (χ3n) is 7.33. The maximum atomic E-state index is 8.06. The Kier molecular flexibility index (Phi) is 3.84. The first-order chi connectivity index (χ1) is 16.2. The van der Waals surface area contributed by atoms with Crippen LogP contribution >= 0.6 is 0 Å². The Labute approximate surface area is 195 Å². The van der Waals surface area contributed by atoms with E-state index in [0.717, 1.165) is 26.2 Å². The SMILES string of the molecule is [C-]#[N+]c1cc2[nH]c3ccc([Si]C(C)C)cc3c2c2c1C1c3ccccc3C2c2ccccc21. The number of fused-ring (bicyclic) bond motifs is 3. The van der Waals surface area contributed by atoms with E-state index in [0.29, 0.717) is 5.54 Å². The number of aromatic amines is 1. The van der Waals surface area contributed by atoms with Gasteiger partial charge < -0.3 is 4.98 Å². The highest BCUT2D eigenvalue weighted by Crippen LogP contribution is 2.60. The summed E-state index contributed by atoms with van der Waals surface area (Å²) in [6.45, 7) is 12.6. The molecule has 0 saturated carbocycles. The lowest BCUT2D eigenvalue weighted by Gasteiger charge is -2.43. The van der Waals surface area contributed by atoms with Gasteiger partial charge in [-0.2, -0.15) is 0 Å². The molecule has 156 valence electrons. The topological polar surface area (TPSA) is 20.1 Å². The first kappa shape index (κ1) is 18.9. The van der Waals surface area contributed by atoms with Gasteiger partial charge in [-0.05, 0) is 45.5 Å². The third-order valence-corrected chi connectivity index (χ3v) is 8.55. The van der Waals surface area contributed by atoms with Gasteiger partial charge in [-0.3, -0.25) is 0 Å². The van der Waals surface area contributed by atoms with Crippen LogP contribution in [-0.2, 0) is 0 Å². The molecular formula is C30H22N2Si. The number of hydrogen-bond donors (Lipinski definition) is 1. The van der Waals surface area contributed by atoms with Gasteiger partial charge in [0.1, 0.15) is 0 Å². The number of nitrogens with one attached hydrogen (secondary N) is 1. The van der Waals surface area contributed by atoms with Crippen molar-refractivity contribution >= 4 is 42.2 Å². The van der Waals surface area contributed by atoms with Gasteiger partial charge in [0.25, 0.3) is 0 Å². The van der Waals surface area contributed by atoms with Gasteiger partial charge in [-0.1, -0.05) is 85.2 Å². The summed E-state index contributed by atoms with van der Waals surface area (Å²) in [6, 6.07) is 26.7. The fraction of sp³-hybridized carbons (Fsp3) is 0.167. The van der Waals surface area contributed by atoms with Gasteiger partial charge in [-0.25, -0.2) is 4.85 Å². The van der Waals surface area contributed by atoms with E-state index < -0.39 is 0 Å². The summed E-state index contributed by atoms with van der Waals surface area (Å²) >= 11 is 0. The van der Waals surface area contributed by atoms with Crippen molar-refractivity contribution in [2.24, 2.45) is 0 Å².